The molecule has 0 unspecified atom stereocenters. The summed E-state index contributed by atoms with van der Waals surface area (Å²) in [5.41, 5.74) is 14.7. The van der Waals surface area contributed by atoms with Crippen molar-refractivity contribution >= 4 is 43.1 Å². The number of benzene rings is 11. The van der Waals surface area contributed by atoms with E-state index in [2.05, 4.69) is 231 Å². The number of rotatable bonds is 6. The van der Waals surface area contributed by atoms with Crippen molar-refractivity contribution < 1.29 is 0 Å². The highest BCUT2D eigenvalue weighted by molar-refractivity contribution is 6.22. The lowest BCUT2D eigenvalue weighted by molar-refractivity contribution is 1.58. The summed E-state index contributed by atoms with van der Waals surface area (Å²) in [7, 11) is 0. The van der Waals surface area contributed by atoms with E-state index in [0.717, 1.165) is 0 Å². The van der Waals surface area contributed by atoms with Crippen molar-refractivity contribution in [1.29, 1.82) is 0 Å². The van der Waals surface area contributed by atoms with Crippen LogP contribution in [-0.2, 0) is 0 Å². The molecule has 11 aromatic rings. The Bertz CT molecular complexity index is 3260. The molecule has 0 spiro atoms. The van der Waals surface area contributed by atoms with Crippen LogP contribution in [0.25, 0.3) is 110 Å². The summed E-state index contributed by atoms with van der Waals surface area (Å²) in [5, 5.41) is 9.98. The van der Waals surface area contributed by atoms with E-state index in [1.807, 2.05) is 0 Å². The Morgan fingerprint density at radius 2 is 0.586 bits per heavy atom. The topological polar surface area (TPSA) is 0 Å². The van der Waals surface area contributed by atoms with Crippen molar-refractivity contribution in [3.8, 4) is 66.8 Å². The zero-order valence-electron chi connectivity index (χ0n) is 31.9. The molecule has 11 aromatic carbocycles. The van der Waals surface area contributed by atoms with Gasteiger partial charge in [-0.05, 0) is 128 Å². The van der Waals surface area contributed by atoms with Crippen molar-refractivity contribution in [1.82, 2.24) is 0 Å². The SMILES string of the molecule is c1ccc(-c2cccc(-c3cccc(-c4c(-c5cccc6ccccc56)ccc5ccc(-c6c7ccccc7c(-c7ccccc7)c7ccccc67)cc45)c3)c2)cc1. The fourth-order valence-electron chi connectivity index (χ4n) is 9.19. The fourth-order valence-corrected chi connectivity index (χ4v) is 9.19. The molecule has 0 aliphatic heterocycles. The molecule has 0 radical (unpaired) electrons. The summed E-state index contributed by atoms with van der Waals surface area (Å²) < 4.78 is 0. The van der Waals surface area contributed by atoms with Crippen LogP contribution in [0.4, 0.5) is 0 Å². The summed E-state index contributed by atoms with van der Waals surface area (Å²) in [5.74, 6) is 0. The Hall–Kier alpha value is -7.54. The summed E-state index contributed by atoms with van der Waals surface area (Å²) in [6, 6.07) is 84.6. The average Bonchev–Trinajstić information content (AvgIpc) is 3.30. The first kappa shape index (κ1) is 33.8. The largest absolute Gasteiger partial charge is 0.0622 e. The Morgan fingerprint density at radius 3 is 1.24 bits per heavy atom. The van der Waals surface area contributed by atoms with Gasteiger partial charge in [0.05, 0.1) is 0 Å². The van der Waals surface area contributed by atoms with Gasteiger partial charge in [0.1, 0.15) is 0 Å². The van der Waals surface area contributed by atoms with Gasteiger partial charge >= 0.3 is 0 Å². The van der Waals surface area contributed by atoms with Gasteiger partial charge in [-0.25, -0.2) is 0 Å². The number of hydrogen-bond acceptors (Lipinski definition) is 0. The monoisotopic (exact) mass is 734 g/mol. The third kappa shape index (κ3) is 5.78. The molecule has 0 aliphatic carbocycles. The van der Waals surface area contributed by atoms with Crippen LogP contribution in [0.5, 0.6) is 0 Å². The van der Waals surface area contributed by atoms with Crippen LogP contribution >= 0.6 is 0 Å². The van der Waals surface area contributed by atoms with E-state index in [1.165, 1.54) is 110 Å². The maximum atomic E-state index is 2.46. The molecule has 0 heteroatoms. The van der Waals surface area contributed by atoms with Gasteiger partial charge in [-0.15, -0.1) is 0 Å². The quantitative estimate of drug-likeness (QED) is 0.149. The van der Waals surface area contributed by atoms with Gasteiger partial charge in [-0.3, -0.25) is 0 Å². The van der Waals surface area contributed by atoms with Crippen molar-refractivity contribution in [2.45, 2.75) is 0 Å². The standard InChI is InChI=1S/C58H38/c1-3-16-39(17-4-1)43-22-13-23-44(36-43)45-24-14-25-46(37-45)58-54(49-31-15-21-40-18-7-8-26-48(40)49)35-34-41-32-33-47(38-55(41)58)57-52-29-11-9-27-50(52)56(42-19-5-2-6-20-42)51-28-10-12-30-53(51)57/h1-38H. The smallest absolute Gasteiger partial charge is 0.00261 e. The Labute approximate surface area is 339 Å². The summed E-state index contributed by atoms with van der Waals surface area (Å²) in [6.07, 6.45) is 0. The lowest BCUT2D eigenvalue weighted by Gasteiger charge is -2.20. The highest BCUT2D eigenvalue weighted by Gasteiger charge is 2.19. The van der Waals surface area contributed by atoms with E-state index in [4.69, 9.17) is 0 Å². The molecule has 0 fully saturated rings. The van der Waals surface area contributed by atoms with Gasteiger partial charge in [0, 0.05) is 0 Å². The molecule has 58 heavy (non-hydrogen) atoms. The van der Waals surface area contributed by atoms with E-state index < -0.39 is 0 Å². The molecule has 270 valence electrons. The predicted molar refractivity (Wildman–Crippen MR) is 249 cm³/mol. The lowest BCUT2D eigenvalue weighted by atomic mass is 9.83. The van der Waals surface area contributed by atoms with Gasteiger partial charge in [-0.1, -0.05) is 212 Å². The third-order valence-corrected chi connectivity index (χ3v) is 11.8. The Balaban J connectivity index is 1.19. The molecule has 0 N–H and O–H groups in total. The maximum absolute atomic E-state index is 2.46. The van der Waals surface area contributed by atoms with Gasteiger partial charge in [0.2, 0.25) is 0 Å². The first-order chi connectivity index (χ1) is 28.8. The molecule has 11 rings (SSSR count). The second kappa shape index (κ2) is 14.2. The summed E-state index contributed by atoms with van der Waals surface area (Å²) in [4.78, 5) is 0. The molecular formula is C58H38. The van der Waals surface area contributed by atoms with Crippen LogP contribution in [0.15, 0.2) is 231 Å². The van der Waals surface area contributed by atoms with Gasteiger partial charge < -0.3 is 0 Å². The Morgan fingerprint density at radius 1 is 0.172 bits per heavy atom. The van der Waals surface area contributed by atoms with E-state index in [9.17, 15) is 0 Å². The molecule has 0 amide bonds. The van der Waals surface area contributed by atoms with Crippen molar-refractivity contribution in [2.75, 3.05) is 0 Å². The second-order valence-corrected chi connectivity index (χ2v) is 15.2. The molecule has 0 saturated heterocycles. The van der Waals surface area contributed by atoms with Crippen molar-refractivity contribution in [2.24, 2.45) is 0 Å². The molecule has 0 saturated carbocycles. The third-order valence-electron chi connectivity index (χ3n) is 11.8. The lowest BCUT2D eigenvalue weighted by Crippen LogP contribution is -1.93. The van der Waals surface area contributed by atoms with Crippen LogP contribution < -0.4 is 0 Å². The van der Waals surface area contributed by atoms with Crippen molar-refractivity contribution in [3.05, 3.63) is 231 Å². The van der Waals surface area contributed by atoms with Crippen LogP contribution in [0, 0.1) is 0 Å². The second-order valence-electron chi connectivity index (χ2n) is 15.2. The Kier molecular flexibility index (Phi) is 8.26. The molecule has 0 atom stereocenters. The number of fused-ring (bicyclic) bond motifs is 4. The van der Waals surface area contributed by atoms with Gasteiger partial charge in [-0.2, -0.15) is 0 Å². The van der Waals surface area contributed by atoms with E-state index in [1.54, 1.807) is 0 Å². The van der Waals surface area contributed by atoms with Crippen LogP contribution in [-0.4, -0.2) is 0 Å². The first-order valence-electron chi connectivity index (χ1n) is 20.1. The van der Waals surface area contributed by atoms with Gasteiger partial charge in [0.15, 0.2) is 0 Å². The maximum Gasteiger partial charge on any atom is -0.00261 e. The minimum atomic E-state index is 1.20. The van der Waals surface area contributed by atoms with Gasteiger partial charge in [0.25, 0.3) is 0 Å². The van der Waals surface area contributed by atoms with E-state index >= 15 is 0 Å². The first-order valence-corrected chi connectivity index (χ1v) is 20.1. The minimum absolute atomic E-state index is 1.20. The van der Waals surface area contributed by atoms with E-state index in [-0.39, 0.29) is 0 Å². The van der Waals surface area contributed by atoms with Crippen LogP contribution in [0.1, 0.15) is 0 Å². The summed E-state index contributed by atoms with van der Waals surface area (Å²) >= 11 is 0. The average molecular weight is 735 g/mol. The molecule has 0 nitrogen and oxygen atoms in total. The molecule has 0 aromatic heterocycles. The highest BCUT2D eigenvalue weighted by Crippen LogP contribution is 2.47. The molecular weight excluding hydrogens is 697 g/mol. The predicted octanol–water partition coefficient (Wildman–Crippen LogP) is 16.3. The zero-order chi connectivity index (χ0) is 38.4. The minimum Gasteiger partial charge on any atom is -0.0622 e. The highest BCUT2D eigenvalue weighted by atomic mass is 14.2. The van der Waals surface area contributed by atoms with Crippen molar-refractivity contribution in [3.63, 3.8) is 0 Å². The molecule has 0 bridgehead atoms. The fraction of sp³-hybridized carbons (Fsp3) is 0. The molecule has 0 aliphatic rings. The number of hydrogen-bond donors (Lipinski definition) is 0. The summed E-state index contributed by atoms with van der Waals surface area (Å²) in [6.45, 7) is 0. The van der Waals surface area contributed by atoms with Crippen LogP contribution in [0.2, 0.25) is 0 Å². The van der Waals surface area contributed by atoms with E-state index in [0.29, 0.717) is 0 Å². The normalized spacial score (nSPS) is 11.4. The molecule has 0 heterocycles. The van der Waals surface area contributed by atoms with Crippen LogP contribution in [0.3, 0.4) is 0 Å². The zero-order valence-corrected chi connectivity index (χ0v) is 31.9.